The molecule has 0 unspecified atom stereocenters. The SMILES string of the molecule is CC(C)(C)c1cc(-c2cccc3oc4ccc(-c5ccccc5)c(C(C)(C)C)c4c23)cc(C(C)(C)C)c1.CC(C)(C)c1cc(-c2cccc3oc4cccc(C(C)(C)C)c4c23)cc(C(C)(C)C)c1.[2H]c1c([2H])c(-c2ccc3oc4cccc(-c5cc(C(C)(C)C)cc(C(C)(C)C)c5)c4c3c2C(C)(C)C)c([2H])c([2H])c1C.[2H]c1c([2H])c([2H])c(-c2cccc3oc4ccc(-n5c6ccc(C(C)(C)C)cc6c6cc(C(C)(C)C)ccc65)c(C(C)(C)C)c4c23)c([2H])c1[2H]. The van der Waals surface area contributed by atoms with Crippen molar-refractivity contribution >= 4 is 110 Å². The van der Waals surface area contributed by atoms with Gasteiger partial charge in [-0.05, 0) is 284 Å². The zero-order valence-electron chi connectivity index (χ0n) is 105. The normalized spacial score (nSPS) is 13.9. The van der Waals surface area contributed by atoms with Crippen molar-refractivity contribution < 1.29 is 30.0 Å². The zero-order valence-corrected chi connectivity index (χ0v) is 96.3. The topological polar surface area (TPSA) is 57.5 Å². The molecule has 5 nitrogen and oxygen atoms in total. The van der Waals surface area contributed by atoms with Gasteiger partial charge in [-0.3, -0.25) is 0 Å². The van der Waals surface area contributed by atoms with Gasteiger partial charge in [0.05, 0.1) is 29.1 Å². The molecular formula is C145H161NO4. The summed E-state index contributed by atoms with van der Waals surface area (Å²) in [6.45, 7) is 82.9. The predicted molar refractivity (Wildman–Crippen MR) is 651 cm³/mol. The molecule has 0 saturated carbocycles. The van der Waals surface area contributed by atoms with Gasteiger partial charge in [0.25, 0.3) is 0 Å². The first kappa shape index (κ1) is 94.9. The fraction of sp³-hybridized carbons (Fsp3) is 0.338. The first-order valence-electron chi connectivity index (χ1n) is 58.3. The van der Waals surface area contributed by atoms with Crippen molar-refractivity contribution in [3.8, 4) is 72.4 Å². The Balaban J connectivity index is 0.000000138. The molecule has 0 amide bonds. The van der Waals surface area contributed by atoms with Crippen LogP contribution in [0.5, 0.6) is 0 Å². The van der Waals surface area contributed by atoms with Gasteiger partial charge in [-0.1, -0.05) is 479 Å². The molecule has 0 radical (unpaired) electrons. The van der Waals surface area contributed by atoms with Crippen molar-refractivity contribution in [3.63, 3.8) is 0 Å². The van der Waals surface area contributed by atoms with E-state index < -0.39 is 11.5 Å². The van der Waals surface area contributed by atoms with Crippen LogP contribution in [0, 0.1) is 6.92 Å². The fourth-order valence-corrected chi connectivity index (χ4v) is 21.8. The highest BCUT2D eigenvalue weighted by Gasteiger charge is 2.36. The molecule has 0 fully saturated rings. The van der Waals surface area contributed by atoms with E-state index in [1.165, 1.54) is 121 Å². The van der Waals surface area contributed by atoms with Gasteiger partial charge in [0, 0.05) is 53.9 Å². The van der Waals surface area contributed by atoms with Crippen molar-refractivity contribution in [1.29, 1.82) is 0 Å². The summed E-state index contributed by atoms with van der Waals surface area (Å²) in [6.07, 6.45) is 0. The molecule has 0 N–H and O–H groups in total. The minimum Gasteiger partial charge on any atom is -0.456 e. The Morgan fingerprint density at radius 1 is 0.193 bits per heavy atom. The number of hydrogen-bond donors (Lipinski definition) is 0. The summed E-state index contributed by atoms with van der Waals surface area (Å²) in [4.78, 5) is 0. The lowest BCUT2D eigenvalue weighted by Crippen LogP contribution is -2.16. The summed E-state index contributed by atoms with van der Waals surface area (Å²) in [6, 6.07) is 87.6. The quantitative estimate of drug-likeness (QED) is 0.160. The Bertz CT molecular complexity index is 9130. The van der Waals surface area contributed by atoms with E-state index in [2.05, 4.69) is 454 Å². The van der Waals surface area contributed by atoms with E-state index in [4.69, 9.17) is 30.0 Å². The van der Waals surface area contributed by atoms with E-state index in [-0.39, 0.29) is 113 Å². The molecule has 0 aliphatic carbocycles. The van der Waals surface area contributed by atoms with Crippen LogP contribution < -0.4 is 0 Å². The van der Waals surface area contributed by atoms with Crippen LogP contribution in [0.4, 0.5) is 0 Å². The summed E-state index contributed by atoms with van der Waals surface area (Å²) < 4.78 is 106. The van der Waals surface area contributed by atoms with Gasteiger partial charge in [0.2, 0.25) is 0 Å². The Labute approximate surface area is 907 Å². The summed E-state index contributed by atoms with van der Waals surface area (Å²) in [5, 5.41) is 10.9. The van der Waals surface area contributed by atoms with E-state index in [9.17, 15) is 0 Å². The van der Waals surface area contributed by atoms with Crippen molar-refractivity contribution in [2.75, 3.05) is 0 Å². The molecule has 0 aliphatic rings. The van der Waals surface area contributed by atoms with E-state index in [1.54, 1.807) is 6.92 Å². The molecule has 150 heavy (non-hydrogen) atoms. The number of benzene rings is 16. The summed E-state index contributed by atoms with van der Waals surface area (Å²) in [5.74, 6) is 0. The Hall–Kier alpha value is -13.5. The highest BCUT2D eigenvalue weighted by atomic mass is 16.3. The first-order valence-corrected chi connectivity index (χ1v) is 53.8. The fourth-order valence-electron chi connectivity index (χ4n) is 21.8. The third-order valence-electron chi connectivity index (χ3n) is 30.1. The first-order chi connectivity index (χ1) is 73.6. The van der Waals surface area contributed by atoms with Gasteiger partial charge in [0.1, 0.15) is 44.7 Å². The molecule has 0 aliphatic heterocycles. The number of furan rings is 4. The van der Waals surface area contributed by atoms with Gasteiger partial charge in [-0.25, -0.2) is 0 Å². The van der Waals surface area contributed by atoms with Gasteiger partial charge in [0.15, 0.2) is 0 Å². The monoisotopic (exact) mass is 1990 g/mol. The van der Waals surface area contributed by atoms with E-state index in [0.717, 1.165) is 94.0 Å². The van der Waals surface area contributed by atoms with Gasteiger partial charge < -0.3 is 22.2 Å². The van der Waals surface area contributed by atoms with Gasteiger partial charge in [-0.15, -0.1) is 0 Å². The molecular weight excluding hydrogens is 1820 g/mol. The lowest BCUT2D eigenvalue weighted by atomic mass is 9.77. The molecule has 0 spiro atoms. The molecule has 0 saturated heterocycles. The molecule has 0 bridgehead atoms. The van der Waals surface area contributed by atoms with Crippen LogP contribution in [0.1, 0.15) is 334 Å². The molecule has 5 aromatic heterocycles. The number of aromatic nitrogens is 1. The molecule has 16 aromatic carbocycles. The standard InChI is InChI=1S/C42H43NO.C37H42O.C36H40O.C30H36O/c1-40(2,3)27-18-20-32-30(24-27)31-25-28(41(4,5)6)19-21-33(31)43(32)34-22-23-36-38(39(34)42(7,8)9)37-29(16-13-17-35(37)44-36)26-14-11-10-12-15-26;1-23-14-16-24(17-15-23)29-18-19-31-33(34(29)37(8,9)10)32-28(12-11-13-30(32)38-31)25-20-26(35(2,3)4)22-27(21-25)36(5,6)7;1-34(2,3)25-20-24(21-26(22-25)35(4,5)6)27-16-13-17-29-31(27)32-30(37-29)19-18-28(33(32)36(7,8)9)23-14-11-10-12-15-23;1-28(2,3)20-16-19(17-21(18-20)29(4,5)6)22-12-10-14-24-26(22)27-23(30(7,8)9)13-11-15-25(27)31-24/h10-25H,1-9H3;11-22H,1-10H3;10-22H,1-9H3;10-18H,1-9H3/i10D,11D,12D,14D,15D;14D,15D,16D,17D;;. The Kier molecular flexibility index (Phi) is 24.1. The van der Waals surface area contributed by atoms with Crippen LogP contribution in [0.3, 0.4) is 0 Å². The second-order valence-corrected chi connectivity index (χ2v) is 54.4. The summed E-state index contributed by atoms with van der Waals surface area (Å²) >= 11 is 0. The van der Waals surface area contributed by atoms with Crippen LogP contribution in [0.25, 0.3) is 182 Å². The van der Waals surface area contributed by atoms with Crippen molar-refractivity contribution in [3.05, 3.63) is 375 Å². The molecule has 0 atom stereocenters. The Morgan fingerprint density at radius 3 is 0.807 bits per heavy atom. The van der Waals surface area contributed by atoms with Crippen LogP contribution >= 0.6 is 0 Å². The minimum atomic E-state index is -0.406. The molecule has 5 heteroatoms. The highest BCUT2D eigenvalue weighted by molar-refractivity contribution is 6.20. The van der Waals surface area contributed by atoms with E-state index in [1.807, 2.05) is 48.5 Å². The summed E-state index contributed by atoms with van der Waals surface area (Å²) in [5.41, 5.74) is 36.4. The maximum absolute atomic E-state index is 8.87. The minimum absolute atomic E-state index is 0.00241. The number of rotatable bonds is 7. The lowest BCUT2D eigenvalue weighted by Gasteiger charge is -2.27. The highest BCUT2D eigenvalue weighted by Crippen LogP contribution is 2.54. The van der Waals surface area contributed by atoms with Crippen LogP contribution in [-0.2, 0) is 65.0 Å². The second kappa shape index (κ2) is 38.2. The third kappa shape index (κ3) is 20.8. The molecule has 770 valence electrons. The maximum atomic E-state index is 8.87. The molecule has 21 aromatic rings. The number of nitrogens with zero attached hydrogens (tertiary/aromatic N) is 1. The molecule has 5 heterocycles. The average Bonchev–Trinajstić information content (AvgIpc) is 1.56. The van der Waals surface area contributed by atoms with Gasteiger partial charge >= 0.3 is 0 Å². The third-order valence-corrected chi connectivity index (χ3v) is 30.1. The van der Waals surface area contributed by atoms with Crippen LogP contribution in [-0.4, -0.2) is 4.57 Å². The van der Waals surface area contributed by atoms with Crippen LogP contribution in [0.2, 0.25) is 0 Å². The second-order valence-electron chi connectivity index (χ2n) is 54.4. The zero-order chi connectivity index (χ0) is 116. The summed E-state index contributed by atoms with van der Waals surface area (Å²) in [7, 11) is 0. The van der Waals surface area contributed by atoms with Crippen molar-refractivity contribution in [2.45, 2.75) is 321 Å². The molecule has 21 rings (SSSR count). The number of fused-ring (bicyclic) bond motifs is 15. The lowest BCUT2D eigenvalue weighted by molar-refractivity contribution is 0.568. The maximum Gasteiger partial charge on any atom is 0.136 e. The van der Waals surface area contributed by atoms with Crippen molar-refractivity contribution in [1.82, 2.24) is 4.57 Å². The van der Waals surface area contributed by atoms with Crippen molar-refractivity contribution in [2.24, 2.45) is 0 Å². The van der Waals surface area contributed by atoms with Gasteiger partial charge in [-0.2, -0.15) is 0 Å². The number of hydrogen-bond acceptors (Lipinski definition) is 4. The largest absolute Gasteiger partial charge is 0.456 e. The predicted octanol–water partition coefficient (Wildman–Crippen LogP) is 43.3. The van der Waals surface area contributed by atoms with Crippen LogP contribution in [0.15, 0.2) is 321 Å². The van der Waals surface area contributed by atoms with E-state index in [0.29, 0.717) is 33.4 Å². The van der Waals surface area contributed by atoms with E-state index >= 15 is 0 Å². The smallest absolute Gasteiger partial charge is 0.136 e. The Morgan fingerprint density at radius 2 is 0.480 bits per heavy atom. The average molecular weight is 1990 g/mol.